The fraction of sp³-hybridized carbons (Fsp3) is 0.143. The highest BCUT2D eigenvalue weighted by Crippen LogP contribution is 2.31. The van der Waals surface area contributed by atoms with E-state index in [2.05, 4.69) is 9.97 Å². The molecule has 2 rings (SSSR count). The first-order chi connectivity index (χ1) is 5.81. The second-order valence-corrected chi connectivity index (χ2v) is 4.61. The van der Waals surface area contributed by atoms with Gasteiger partial charge in [-0.15, -0.1) is 11.3 Å². The molecule has 0 unspecified atom stereocenters. The summed E-state index contributed by atoms with van der Waals surface area (Å²) in [6.45, 7) is 0. The lowest BCUT2D eigenvalue weighted by Crippen LogP contribution is -1.72. The van der Waals surface area contributed by atoms with E-state index in [4.69, 9.17) is 11.6 Å². The summed E-state index contributed by atoms with van der Waals surface area (Å²) in [6.07, 6.45) is 5.38. The summed E-state index contributed by atoms with van der Waals surface area (Å²) in [5.74, 6) is 0. The minimum absolute atomic E-state index is 0.685. The molecule has 0 radical (unpaired) electrons. The van der Waals surface area contributed by atoms with E-state index in [1.807, 2.05) is 6.26 Å². The summed E-state index contributed by atoms with van der Waals surface area (Å²) < 4.78 is 2.05. The number of halogens is 1. The van der Waals surface area contributed by atoms with E-state index in [1.54, 1.807) is 35.5 Å². The van der Waals surface area contributed by atoms with Gasteiger partial charge in [0.2, 0.25) is 0 Å². The molecule has 2 aromatic rings. The summed E-state index contributed by atoms with van der Waals surface area (Å²) in [4.78, 5) is 8.29. The van der Waals surface area contributed by atoms with Crippen LogP contribution in [0, 0.1) is 0 Å². The molecular weight excluding hydrogens is 212 g/mol. The third kappa shape index (κ3) is 1.30. The average molecular weight is 217 g/mol. The molecule has 0 spiro atoms. The molecule has 0 aromatic carbocycles. The van der Waals surface area contributed by atoms with Gasteiger partial charge in [-0.05, 0) is 6.26 Å². The Morgan fingerprint density at radius 2 is 2.33 bits per heavy atom. The molecule has 2 heterocycles. The van der Waals surface area contributed by atoms with Gasteiger partial charge in [-0.25, -0.2) is 4.98 Å². The number of thioether (sulfide) groups is 1. The first-order valence-electron chi connectivity index (χ1n) is 3.25. The normalized spacial score (nSPS) is 10.8. The Labute approximate surface area is 83.0 Å². The van der Waals surface area contributed by atoms with Crippen LogP contribution in [0.1, 0.15) is 0 Å². The van der Waals surface area contributed by atoms with Crippen molar-refractivity contribution in [2.24, 2.45) is 0 Å². The van der Waals surface area contributed by atoms with Crippen LogP contribution in [0.3, 0.4) is 0 Å². The molecule has 62 valence electrons. The fourth-order valence-electron chi connectivity index (χ4n) is 0.889. The minimum atomic E-state index is 0.685. The van der Waals surface area contributed by atoms with Crippen molar-refractivity contribution in [3.8, 4) is 0 Å². The van der Waals surface area contributed by atoms with Crippen LogP contribution in [0.5, 0.6) is 0 Å². The molecule has 0 atom stereocenters. The lowest BCUT2D eigenvalue weighted by atomic mass is 10.4. The number of fused-ring (bicyclic) bond motifs is 1. The number of thiazole rings is 1. The van der Waals surface area contributed by atoms with Crippen LogP contribution in [0.2, 0.25) is 5.02 Å². The summed E-state index contributed by atoms with van der Waals surface area (Å²) in [7, 11) is 0. The van der Waals surface area contributed by atoms with Crippen LogP contribution in [0.4, 0.5) is 0 Å². The zero-order valence-corrected chi connectivity index (χ0v) is 8.63. The van der Waals surface area contributed by atoms with Crippen molar-refractivity contribution in [2.75, 3.05) is 6.26 Å². The molecule has 2 nitrogen and oxygen atoms in total. The molecule has 0 saturated carbocycles. The van der Waals surface area contributed by atoms with E-state index in [0.29, 0.717) is 5.02 Å². The number of rotatable bonds is 1. The number of nitrogens with zero attached hydrogens (tertiary/aromatic N) is 2. The molecule has 12 heavy (non-hydrogen) atoms. The van der Waals surface area contributed by atoms with Gasteiger partial charge in [0.15, 0.2) is 4.34 Å². The lowest BCUT2D eigenvalue weighted by molar-refractivity contribution is 1.27. The van der Waals surface area contributed by atoms with Gasteiger partial charge in [-0.2, -0.15) is 0 Å². The van der Waals surface area contributed by atoms with E-state index >= 15 is 0 Å². The standard InChI is InChI=1S/C7H5ClN2S2/c1-11-7-10-5-3-9-2-4(8)6(5)12-7/h2-3H,1H3. The maximum absolute atomic E-state index is 5.93. The van der Waals surface area contributed by atoms with E-state index in [0.717, 1.165) is 14.6 Å². The zero-order chi connectivity index (χ0) is 8.55. The van der Waals surface area contributed by atoms with Crippen LogP contribution in [0.15, 0.2) is 16.7 Å². The Morgan fingerprint density at radius 1 is 1.50 bits per heavy atom. The molecule has 0 aliphatic heterocycles. The zero-order valence-electron chi connectivity index (χ0n) is 6.24. The Bertz CT molecular complexity index is 413. The van der Waals surface area contributed by atoms with Crippen molar-refractivity contribution in [2.45, 2.75) is 4.34 Å². The topological polar surface area (TPSA) is 25.8 Å². The maximum Gasteiger partial charge on any atom is 0.150 e. The predicted octanol–water partition coefficient (Wildman–Crippen LogP) is 3.07. The van der Waals surface area contributed by atoms with E-state index in [1.165, 1.54) is 0 Å². The van der Waals surface area contributed by atoms with Gasteiger partial charge in [0, 0.05) is 6.20 Å². The van der Waals surface area contributed by atoms with Crippen molar-refractivity contribution in [1.82, 2.24) is 9.97 Å². The van der Waals surface area contributed by atoms with Crippen LogP contribution in [-0.2, 0) is 0 Å². The number of aromatic nitrogens is 2. The van der Waals surface area contributed by atoms with Crippen molar-refractivity contribution in [3.63, 3.8) is 0 Å². The van der Waals surface area contributed by atoms with E-state index in [-0.39, 0.29) is 0 Å². The van der Waals surface area contributed by atoms with E-state index in [9.17, 15) is 0 Å². The van der Waals surface area contributed by atoms with Gasteiger partial charge >= 0.3 is 0 Å². The second kappa shape index (κ2) is 3.20. The molecule has 2 aromatic heterocycles. The van der Waals surface area contributed by atoms with Crippen molar-refractivity contribution in [3.05, 3.63) is 17.4 Å². The molecule has 0 aliphatic rings. The number of hydrogen-bond acceptors (Lipinski definition) is 4. The van der Waals surface area contributed by atoms with Gasteiger partial charge in [-0.3, -0.25) is 4.98 Å². The molecule has 0 N–H and O–H groups in total. The third-order valence-corrected chi connectivity index (χ3v) is 3.90. The van der Waals surface area contributed by atoms with Crippen molar-refractivity contribution < 1.29 is 0 Å². The molecule has 0 aliphatic carbocycles. The average Bonchev–Trinajstić information content (AvgIpc) is 2.49. The molecule has 0 bridgehead atoms. The number of hydrogen-bond donors (Lipinski definition) is 0. The van der Waals surface area contributed by atoms with Crippen LogP contribution < -0.4 is 0 Å². The highest BCUT2D eigenvalue weighted by molar-refractivity contribution is 8.00. The Hall–Kier alpha value is -0.320. The molecule has 0 saturated heterocycles. The van der Waals surface area contributed by atoms with Crippen LogP contribution in [-0.4, -0.2) is 16.2 Å². The van der Waals surface area contributed by atoms with Crippen LogP contribution in [0.25, 0.3) is 10.2 Å². The summed E-state index contributed by atoms with van der Waals surface area (Å²) in [6, 6.07) is 0. The fourth-order valence-corrected chi connectivity index (χ4v) is 2.60. The smallest absolute Gasteiger partial charge is 0.150 e. The SMILES string of the molecule is CSc1nc2cncc(Cl)c2s1. The molecule has 0 amide bonds. The van der Waals surface area contributed by atoms with Gasteiger partial charge < -0.3 is 0 Å². The van der Waals surface area contributed by atoms with Gasteiger partial charge in [0.1, 0.15) is 5.52 Å². The van der Waals surface area contributed by atoms with Gasteiger partial charge in [-0.1, -0.05) is 23.4 Å². The summed E-state index contributed by atoms with van der Waals surface area (Å²) >= 11 is 9.15. The molecule has 5 heteroatoms. The number of pyridine rings is 1. The van der Waals surface area contributed by atoms with Crippen molar-refractivity contribution >= 4 is 44.9 Å². The lowest BCUT2D eigenvalue weighted by Gasteiger charge is -1.87. The quantitative estimate of drug-likeness (QED) is 0.686. The Kier molecular flexibility index (Phi) is 2.21. The highest BCUT2D eigenvalue weighted by atomic mass is 35.5. The van der Waals surface area contributed by atoms with E-state index < -0.39 is 0 Å². The predicted molar refractivity (Wildman–Crippen MR) is 54.2 cm³/mol. The summed E-state index contributed by atoms with van der Waals surface area (Å²) in [5.41, 5.74) is 0.886. The first kappa shape index (κ1) is 8.29. The van der Waals surface area contributed by atoms with Crippen molar-refractivity contribution in [1.29, 1.82) is 0 Å². The van der Waals surface area contributed by atoms with Gasteiger partial charge in [0.05, 0.1) is 15.9 Å². The first-order valence-corrected chi connectivity index (χ1v) is 5.67. The Morgan fingerprint density at radius 3 is 3.00 bits per heavy atom. The Balaban J connectivity index is 2.74. The largest absolute Gasteiger partial charge is 0.261 e. The van der Waals surface area contributed by atoms with Gasteiger partial charge in [0.25, 0.3) is 0 Å². The molecular formula is C7H5ClN2S2. The second-order valence-electron chi connectivity index (χ2n) is 2.15. The third-order valence-electron chi connectivity index (χ3n) is 1.41. The van der Waals surface area contributed by atoms with Crippen LogP contribution >= 0.6 is 34.7 Å². The maximum atomic E-state index is 5.93. The minimum Gasteiger partial charge on any atom is -0.261 e. The monoisotopic (exact) mass is 216 g/mol. The molecule has 0 fully saturated rings. The summed E-state index contributed by atoms with van der Waals surface area (Å²) in [5, 5.41) is 0.685. The highest BCUT2D eigenvalue weighted by Gasteiger charge is 2.05.